The Labute approximate surface area is 165 Å². The number of fused-ring (bicyclic) bond motifs is 1. The molecule has 1 amide bonds. The number of anilines is 1. The number of aromatic nitrogens is 3. The van der Waals surface area contributed by atoms with Crippen LogP contribution in [0.3, 0.4) is 0 Å². The zero-order chi connectivity index (χ0) is 17.9. The zero-order valence-electron chi connectivity index (χ0n) is 13.2. The van der Waals surface area contributed by atoms with Crippen LogP contribution in [-0.2, 0) is 4.79 Å². The van der Waals surface area contributed by atoms with Crippen LogP contribution in [0.4, 0.5) is 5.13 Å². The summed E-state index contributed by atoms with van der Waals surface area (Å²) in [6, 6.07) is 15.3. The van der Waals surface area contributed by atoms with Gasteiger partial charge in [0.25, 0.3) is 5.22 Å². The lowest BCUT2D eigenvalue weighted by molar-refractivity contribution is -0.113. The minimum Gasteiger partial charge on any atom is -0.411 e. The highest BCUT2D eigenvalue weighted by molar-refractivity contribution is 9.10. The fraction of sp³-hybridized carbons (Fsp3) is 0.0588. The van der Waals surface area contributed by atoms with Crippen LogP contribution in [0.5, 0.6) is 0 Å². The molecule has 0 saturated carbocycles. The first-order valence-corrected chi connectivity index (χ1v) is 10.1. The Hall–Kier alpha value is -2.23. The van der Waals surface area contributed by atoms with Gasteiger partial charge in [0.2, 0.25) is 11.8 Å². The molecule has 0 aliphatic rings. The van der Waals surface area contributed by atoms with Crippen LogP contribution in [0.15, 0.2) is 62.6 Å². The predicted molar refractivity (Wildman–Crippen MR) is 106 cm³/mol. The van der Waals surface area contributed by atoms with Crippen LogP contribution in [-0.4, -0.2) is 26.8 Å². The molecule has 6 nitrogen and oxygen atoms in total. The number of nitrogens with one attached hydrogen (secondary N) is 1. The molecule has 26 heavy (non-hydrogen) atoms. The van der Waals surface area contributed by atoms with Crippen LogP contribution in [0.25, 0.3) is 21.7 Å². The number of hydrogen-bond donors (Lipinski definition) is 1. The average molecular weight is 447 g/mol. The van der Waals surface area contributed by atoms with E-state index in [1.165, 1.54) is 23.1 Å². The van der Waals surface area contributed by atoms with Gasteiger partial charge in [0.15, 0.2) is 5.13 Å². The van der Waals surface area contributed by atoms with Crippen LogP contribution in [0.2, 0.25) is 0 Å². The van der Waals surface area contributed by atoms with Gasteiger partial charge in [-0.3, -0.25) is 4.79 Å². The van der Waals surface area contributed by atoms with Crippen LogP contribution >= 0.6 is 39.0 Å². The number of halogens is 1. The maximum Gasteiger partial charge on any atom is 0.277 e. The van der Waals surface area contributed by atoms with E-state index >= 15 is 0 Å². The number of carbonyl (C=O) groups is 1. The number of thioether (sulfide) groups is 1. The van der Waals surface area contributed by atoms with E-state index in [1.54, 1.807) is 0 Å². The minimum absolute atomic E-state index is 0.163. The van der Waals surface area contributed by atoms with Gasteiger partial charge in [-0.15, -0.1) is 10.2 Å². The van der Waals surface area contributed by atoms with Crippen molar-refractivity contribution in [2.45, 2.75) is 5.22 Å². The molecule has 9 heteroatoms. The summed E-state index contributed by atoms with van der Waals surface area (Å²) in [5, 5.41) is 11.7. The smallest absolute Gasteiger partial charge is 0.277 e. The molecule has 0 aliphatic carbocycles. The molecule has 0 spiro atoms. The van der Waals surface area contributed by atoms with E-state index in [0.29, 0.717) is 16.2 Å². The van der Waals surface area contributed by atoms with Gasteiger partial charge in [-0.05, 0) is 30.3 Å². The standard InChI is InChI=1S/C17H11BrN4O2S2/c18-11-6-7-12-13(8-11)26-16(19-12)20-14(23)9-25-17-22-21-15(24-17)10-4-2-1-3-5-10/h1-8H,9H2,(H,19,20,23). The summed E-state index contributed by atoms with van der Waals surface area (Å²) in [7, 11) is 0. The molecule has 1 N–H and O–H groups in total. The molecule has 0 aliphatic heterocycles. The summed E-state index contributed by atoms with van der Waals surface area (Å²) in [4.78, 5) is 16.5. The van der Waals surface area contributed by atoms with E-state index in [4.69, 9.17) is 4.42 Å². The number of nitrogens with zero attached hydrogens (tertiary/aromatic N) is 3. The molecule has 0 unspecified atom stereocenters. The molecular weight excluding hydrogens is 436 g/mol. The lowest BCUT2D eigenvalue weighted by Gasteiger charge is -1.98. The molecule has 4 aromatic rings. The van der Waals surface area contributed by atoms with Crippen molar-refractivity contribution in [3.05, 3.63) is 53.0 Å². The Bertz CT molecular complexity index is 1070. The van der Waals surface area contributed by atoms with E-state index in [9.17, 15) is 4.79 Å². The average Bonchev–Trinajstić information content (AvgIpc) is 3.27. The van der Waals surface area contributed by atoms with Crippen molar-refractivity contribution >= 4 is 60.3 Å². The predicted octanol–water partition coefficient (Wildman–Crippen LogP) is 4.84. The van der Waals surface area contributed by atoms with E-state index in [1.807, 2.05) is 48.5 Å². The summed E-state index contributed by atoms with van der Waals surface area (Å²) in [6.45, 7) is 0. The van der Waals surface area contributed by atoms with Gasteiger partial charge in [0.1, 0.15) is 0 Å². The fourth-order valence-electron chi connectivity index (χ4n) is 2.20. The summed E-state index contributed by atoms with van der Waals surface area (Å²) >= 11 is 6.05. The second-order valence-electron chi connectivity index (χ2n) is 5.21. The molecule has 4 rings (SSSR count). The number of thiazole rings is 1. The lowest BCUT2D eigenvalue weighted by atomic mass is 10.2. The van der Waals surface area contributed by atoms with Crippen molar-refractivity contribution in [1.82, 2.24) is 15.2 Å². The summed E-state index contributed by atoms with van der Waals surface area (Å²) < 4.78 is 7.56. The molecule has 2 aromatic carbocycles. The number of carbonyl (C=O) groups excluding carboxylic acids is 1. The van der Waals surface area contributed by atoms with Gasteiger partial charge in [-0.25, -0.2) is 4.98 Å². The first-order chi connectivity index (χ1) is 12.7. The largest absolute Gasteiger partial charge is 0.411 e. The quantitative estimate of drug-likeness (QED) is 0.441. The van der Waals surface area contributed by atoms with E-state index in [-0.39, 0.29) is 11.7 Å². The molecule has 2 aromatic heterocycles. The van der Waals surface area contributed by atoms with E-state index in [0.717, 1.165) is 20.3 Å². The van der Waals surface area contributed by atoms with Crippen molar-refractivity contribution in [3.8, 4) is 11.5 Å². The minimum atomic E-state index is -0.174. The summed E-state index contributed by atoms with van der Waals surface area (Å²) in [5.74, 6) is 0.425. The number of rotatable bonds is 5. The SMILES string of the molecule is O=C(CSc1nnc(-c2ccccc2)o1)Nc1nc2ccc(Br)cc2s1. The third kappa shape index (κ3) is 3.95. The summed E-state index contributed by atoms with van der Waals surface area (Å²) in [5.41, 5.74) is 1.70. The molecule has 0 saturated heterocycles. The highest BCUT2D eigenvalue weighted by Gasteiger charge is 2.12. The first-order valence-electron chi connectivity index (χ1n) is 7.55. The van der Waals surface area contributed by atoms with Crippen molar-refractivity contribution < 1.29 is 9.21 Å². The highest BCUT2D eigenvalue weighted by atomic mass is 79.9. The van der Waals surface area contributed by atoms with Gasteiger partial charge in [0, 0.05) is 10.0 Å². The third-order valence-electron chi connectivity index (χ3n) is 3.35. The third-order valence-corrected chi connectivity index (χ3v) is 5.60. The van der Waals surface area contributed by atoms with Crippen molar-refractivity contribution in [2.75, 3.05) is 11.1 Å². The van der Waals surface area contributed by atoms with Crippen LogP contribution in [0.1, 0.15) is 0 Å². The second-order valence-corrected chi connectivity index (χ2v) is 8.08. The Morgan fingerprint density at radius 1 is 1.19 bits per heavy atom. The topological polar surface area (TPSA) is 80.9 Å². The van der Waals surface area contributed by atoms with Crippen molar-refractivity contribution in [1.29, 1.82) is 0 Å². The second kappa shape index (κ2) is 7.56. The highest BCUT2D eigenvalue weighted by Crippen LogP contribution is 2.29. The Morgan fingerprint density at radius 3 is 2.88 bits per heavy atom. The van der Waals surface area contributed by atoms with Crippen LogP contribution < -0.4 is 5.32 Å². The molecule has 0 bridgehead atoms. The molecule has 0 fully saturated rings. The zero-order valence-corrected chi connectivity index (χ0v) is 16.4. The Morgan fingerprint density at radius 2 is 2.04 bits per heavy atom. The molecular formula is C17H11BrN4O2S2. The van der Waals surface area contributed by atoms with Gasteiger partial charge in [0.05, 0.1) is 16.0 Å². The number of amides is 1. The lowest BCUT2D eigenvalue weighted by Crippen LogP contribution is -2.13. The Balaban J connectivity index is 1.37. The maximum absolute atomic E-state index is 12.1. The molecule has 0 radical (unpaired) electrons. The normalized spacial score (nSPS) is 11.0. The number of hydrogen-bond acceptors (Lipinski definition) is 7. The van der Waals surface area contributed by atoms with E-state index in [2.05, 4.69) is 36.4 Å². The van der Waals surface area contributed by atoms with Crippen LogP contribution in [0, 0.1) is 0 Å². The maximum atomic E-state index is 12.1. The number of benzene rings is 2. The van der Waals surface area contributed by atoms with E-state index < -0.39 is 0 Å². The Kier molecular flexibility index (Phi) is 5.00. The monoisotopic (exact) mass is 446 g/mol. The first kappa shape index (κ1) is 17.2. The van der Waals surface area contributed by atoms with Crippen molar-refractivity contribution in [2.24, 2.45) is 0 Å². The molecule has 130 valence electrons. The molecule has 0 atom stereocenters. The van der Waals surface area contributed by atoms with Gasteiger partial charge < -0.3 is 9.73 Å². The van der Waals surface area contributed by atoms with Crippen molar-refractivity contribution in [3.63, 3.8) is 0 Å². The fourth-order valence-corrected chi connectivity index (χ4v) is 4.20. The molecule has 2 heterocycles. The van der Waals surface area contributed by atoms with Gasteiger partial charge >= 0.3 is 0 Å². The van der Waals surface area contributed by atoms with Gasteiger partial charge in [-0.1, -0.05) is 57.2 Å². The summed E-state index contributed by atoms with van der Waals surface area (Å²) in [6.07, 6.45) is 0. The van der Waals surface area contributed by atoms with Gasteiger partial charge in [-0.2, -0.15) is 0 Å².